The van der Waals surface area contributed by atoms with Gasteiger partial charge in [0, 0.05) is 24.9 Å². The molecule has 0 radical (unpaired) electrons. The molecule has 5 nitrogen and oxygen atoms in total. The summed E-state index contributed by atoms with van der Waals surface area (Å²) in [7, 11) is 0. The maximum Gasteiger partial charge on any atom is 0.230 e. The van der Waals surface area contributed by atoms with Crippen molar-refractivity contribution in [1.82, 2.24) is 4.90 Å². The van der Waals surface area contributed by atoms with Crippen LogP contribution in [0.4, 0.5) is 5.69 Å². The van der Waals surface area contributed by atoms with Gasteiger partial charge in [0.25, 0.3) is 0 Å². The molecule has 1 aromatic carbocycles. The molecule has 2 fully saturated rings. The quantitative estimate of drug-likeness (QED) is 0.838. The molecule has 1 aromatic rings. The van der Waals surface area contributed by atoms with Crippen LogP contribution in [0, 0.1) is 11.8 Å². The number of piperidine rings is 1. The number of carbonyl (C=O) groups is 2. The summed E-state index contributed by atoms with van der Waals surface area (Å²) >= 11 is 0. The summed E-state index contributed by atoms with van der Waals surface area (Å²) in [5.41, 5.74) is 0.872. The molecule has 0 spiro atoms. The Balaban J connectivity index is 1.44. The van der Waals surface area contributed by atoms with Gasteiger partial charge in [-0.3, -0.25) is 9.59 Å². The van der Waals surface area contributed by atoms with Gasteiger partial charge in [-0.15, -0.1) is 0 Å². The Hall–Kier alpha value is -2.04. The fourth-order valence-electron chi connectivity index (χ4n) is 3.75. The van der Waals surface area contributed by atoms with E-state index in [1.807, 2.05) is 41.0 Å². The van der Waals surface area contributed by atoms with E-state index in [-0.39, 0.29) is 23.8 Å². The van der Waals surface area contributed by atoms with E-state index < -0.39 is 0 Å². The maximum absolute atomic E-state index is 13.1. The zero-order valence-electron chi connectivity index (χ0n) is 14.1. The highest BCUT2D eigenvalue weighted by atomic mass is 16.5. The molecule has 2 heterocycles. The van der Waals surface area contributed by atoms with Gasteiger partial charge >= 0.3 is 0 Å². The molecule has 1 saturated carbocycles. The van der Waals surface area contributed by atoms with E-state index in [1.54, 1.807) is 0 Å². The van der Waals surface area contributed by atoms with Gasteiger partial charge in [0.2, 0.25) is 11.8 Å². The van der Waals surface area contributed by atoms with Gasteiger partial charge < -0.3 is 14.5 Å². The molecule has 1 saturated heterocycles. The topological polar surface area (TPSA) is 49.9 Å². The average Bonchev–Trinajstić information content (AvgIpc) is 3.45. The number of hydrogen-bond acceptors (Lipinski definition) is 3. The van der Waals surface area contributed by atoms with Crippen LogP contribution >= 0.6 is 0 Å². The summed E-state index contributed by atoms with van der Waals surface area (Å²) in [6.45, 7) is 4.02. The zero-order valence-corrected chi connectivity index (χ0v) is 14.1. The molecule has 4 rings (SSSR count). The van der Waals surface area contributed by atoms with Crippen LogP contribution in [0.5, 0.6) is 5.75 Å². The highest BCUT2D eigenvalue weighted by molar-refractivity contribution is 5.97. The Morgan fingerprint density at radius 1 is 1.00 bits per heavy atom. The van der Waals surface area contributed by atoms with Crippen molar-refractivity contribution in [3.63, 3.8) is 0 Å². The fraction of sp³-hybridized carbons (Fsp3) is 0.579. The predicted octanol–water partition coefficient (Wildman–Crippen LogP) is 2.45. The van der Waals surface area contributed by atoms with Crippen LogP contribution in [-0.4, -0.2) is 42.5 Å². The lowest BCUT2D eigenvalue weighted by Gasteiger charge is -2.38. The number of carbonyl (C=O) groups excluding carboxylic acids is 2. The molecule has 0 bridgehead atoms. The van der Waals surface area contributed by atoms with Crippen molar-refractivity contribution < 1.29 is 14.3 Å². The highest BCUT2D eigenvalue weighted by Gasteiger charge is 2.38. The van der Waals surface area contributed by atoms with Crippen molar-refractivity contribution in [1.29, 1.82) is 0 Å². The lowest BCUT2D eigenvalue weighted by molar-refractivity contribution is -0.136. The standard InChI is InChI=1S/C19H24N2O3/c1-13-12-21(16-4-2-3-5-17(16)24-13)19(23)15-8-10-20(11-9-15)18(22)14-6-7-14/h2-5,13-15H,6-12H2,1H3. The molecule has 1 aliphatic carbocycles. The first-order valence-electron chi connectivity index (χ1n) is 8.99. The van der Waals surface area contributed by atoms with Gasteiger partial charge in [-0.05, 0) is 44.7 Å². The lowest BCUT2D eigenvalue weighted by atomic mass is 9.94. The minimum atomic E-state index is 0.000355. The minimum Gasteiger partial charge on any atom is -0.487 e. The molecule has 1 atom stereocenters. The number of amides is 2. The van der Waals surface area contributed by atoms with Crippen molar-refractivity contribution in [2.45, 2.75) is 38.7 Å². The molecular formula is C19H24N2O3. The van der Waals surface area contributed by atoms with E-state index in [1.165, 1.54) is 0 Å². The largest absolute Gasteiger partial charge is 0.487 e. The predicted molar refractivity (Wildman–Crippen MR) is 90.9 cm³/mol. The van der Waals surface area contributed by atoms with Crippen LogP contribution < -0.4 is 9.64 Å². The third kappa shape index (κ3) is 2.87. The summed E-state index contributed by atoms with van der Waals surface area (Å²) in [6, 6.07) is 7.74. The third-order valence-electron chi connectivity index (χ3n) is 5.27. The molecular weight excluding hydrogens is 304 g/mol. The van der Waals surface area contributed by atoms with E-state index in [9.17, 15) is 9.59 Å². The van der Waals surface area contributed by atoms with Crippen LogP contribution in [0.1, 0.15) is 32.6 Å². The van der Waals surface area contributed by atoms with Crippen molar-refractivity contribution in [3.05, 3.63) is 24.3 Å². The van der Waals surface area contributed by atoms with Crippen LogP contribution in [0.3, 0.4) is 0 Å². The van der Waals surface area contributed by atoms with Crippen molar-refractivity contribution in [2.24, 2.45) is 11.8 Å². The number of rotatable bonds is 2. The number of benzene rings is 1. The monoisotopic (exact) mass is 328 g/mol. The van der Waals surface area contributed by atoms with Crippen LogP contribution in [0.25, 0.3) is 0 Å². The van der Waals surface area contributed by atoms with E-state index in [4.69, 9.17) is 4.74 Å². The minimum absolute atomic E-state index is 0.000355. The van der Waals surface area contributed by atoms with Gasteiger partial charge in [-0.2, -0.15) is 0 Å². The molecule has 128 valence electrons. The number of ether oxygens (including phenoxy) is 1. The number of likely N-dealkylation sites (tertiary alicyclic amines) is 1. The first-order chi connectivity index (χ1) is 11.6. The van der Waals surface area contributed by atoms with Crippen LogP contribution in [0.2, 0.25) is 0 Å². The Morgan fingerprint density at radius 3 is 2.38 bits per heavy atom. The third-order valence-corrected chi connectivity index (χ3v) is 5.27. The maximum atomic E-state index is 13.1. The van der Waals surface area contributed by atoms with Gasteiger partial charge in [0.1, 0.15) is 11.9 Å². The highest BCUT2D eigenvalue weighted by Crippen LogP contribution is 2.36. The molecule has 1 unspecified atom stereocenters. The van der Waals surface area contributed by atoms with Gasteiger partial charge in [-0.25, -0.2) is 0 Å². The van der Waals surface area contributed by atoms with Crippen molar-refractivity contribution >= 4 is 17.5 Å². The number of fused-ring (bicyclic) bond motifs is 1. The van der Waals surface area contributed by atoms with E-state index in [2.05, 4.69) is 0 Å². The first-order valence-corrected chi connectivity index (χ1v) is 8.99. The molecule has 0 N–H and O–H groups in total. The number of anilines is 1. The molecule has 2 amide bonds. The normalized spacial score (nSPS) is 24.3. The summed E-state index contributed by atoms with van der Waals surface area (Å²) in [5, 5.41) is 0. The SMILES string of the molecule is CC1CN(C(=O)C2CCN(C(=O)C3CC3)CC2)c2ccccc2O1. The second-order valence-electron chi connectivity index (χ2n) is 7.22. The Labute approximate surface area is 142 Å². The van der Waals surface area contributed by atoms with Crippen LogP contribution in [-0.2, 0) is 9.59 Å². The Bertz CT molecular complexity index is 648. The second-order valence-corrected chi connectivity index (χ2v) is 7.22. The summed E-state index contributed by atoms with van der Waals surface area (Å²) in [5.74, 6) is 1.53. The van der Waals surface area contributed by atoms with Crippen molar-refractivity contribution in [3.8, 4) is 5.75 Å². The van der Waals surface area contributed by atoms with E-state index >= 15 is 0 Å². The summed E-state index contributed by atoms with van der Waals surface area (Å²) in [6.07, 6.45) is 3.62. The zero-order chi connectivity index (χ0) is 16.7. The number of para-hydroxylation sites is 2. The number of nitrogens with zero attached hydrogens (tertiary/aromatic N) is 2. The Kier molecular flexibility index (Phi) is 3.94. The van der Waals surface area contributed by atoms with Gasteiger partial charge in [-0.1, -0.05) is 12.1 Å². The average molecular weight is 328 g/mol. The summed E-state index contributed by atoms with van der Waals surface area (Å²) < 4.78 is 5.83. The van der Waals surface area contributed by atoms with Crippen LogP contribution in [0.15, 0.2) is 24.3 Å². The smallest absolute Gasteiger partial charge is 0.230 e. The van der Waals surface area contributed by atoms with Crippen molar-refractivity contribution in [2.75, 3.05) is 24.5 Å². The second kappa shape index (κ2) is 6.11. The molecule has 24 heavy (non-hydrogen) atoms. The Morgan fingerprint density at radius 2 is 1.67 bits per heavy atom. The molecule has 2 aliphatic heterocycles. The first kappa shape index (κ1) is 15.5. The lowest BCUT2D eigenvalue weighted by Crippen LogP contribution is -2.48. The number of hydrogen-bond donors (Lipinski definition) is 0. The molecule has 5 heteroatoms. The van der Waals surface area contributed by atoms with E-state index in [0.29, 0.717) is 25.5 Å². The fourth-order valence-corrected chi connectivity index (χ4v) is 3.75. The molecule has 0 aromatic heterocycles. The van der Waals surface area contributed by atoms with Gasteiger partial charge in [0.15, 0.2) is 0 Å². The molecule has 3 aliphatic rings. The van der Waals surface area contributed by atoms with Gasteiger partial charge in [0.05, 0.1) is 12.2 Å². The summed E-state index contributed by atoms with van der Waals surface area (Å²) in [4.78, 5) is 29.0. The van der Waals surface area contributed by atoms with E-state index in [0.717, 1.165) is 37.1 Å².